The van der Waals surface area contributed by atoms with E-state index in [4.69, 9.17) is 4.74 Å². The molecule has 1 heterocycles. The lowest BCUT2D eigenvalue weighted by Crippen LogP contribution is -2.42. The molecule has 1 aromatic carbocycles. The van der Waals surface area contributed by atoms with Crippen LogP contribution in [0.5, 0.6) is 0 Å². The van der Waals surface area contributed by atoms with Crippen LogP contribution in [0.2, 0.25) is 0 Å². The maximum absolute atomic E-state index is 13.6. The van der Waals surface area contributed by atoms with E-state index in [2.05, 4.69) is 10.6 Å². The predicted octanol–water partition coefficient (Wildman–Crippen LogP) is 3.03. The summed E-state index contributed by atoms with van der Waals surface area (Å²) in [6, 6.07) is 6.49. The highest BCUT2D eigenvalue weighted by molar-refractivity contribution is 5.77. The fraction of sp³-hybridized carbons (Fsp3) is 0.609. The average Bonchev–Trinajstić information content (AvgIpc) is 2.70. The highest BCUT2D eigenvalue weighted by Crippen LogP contribution is 2.17. The van der Waals surface area contributed by atoms with Gasteiger partial charge in [0.15, 0.2) is 0 Å². The highest BCUT2D eigenvalue weighted by Gasteiger charge is 2.23. The smallest absolute Gasteiger partial charge is 0.407 e. The Balaban J connectivity index is 1.59. The van der Waals surface area contributed by atoms with Crippen molar-refractivity contribution in [2.24, 2.45) is 5.92 Å². The fourth-order valence-electron chi connectivity index (χ4n) is 3.43. The molecular weight excluding hydrogens is 401 g/mol. The summed E-state index contributed by atoms with van der Waals surface area (Å²) < 4.78 is 18.8. The average molecular weight is 436 g/mol. The zero-order chi connectivity index (χ0) is 22.9. The number of hydrogen-bond donors (Lipinski definition) is 2. The molecule has 0 unspecified atom stereocenters. The number of amides is 3. The molecule has 0 atom stereocenters. The van der Waals surface area contributed by atoms with Crippen molar-refractivity contribution in [3.8, 4) is 0 Å². The van der Waals surface area contributed by atoms with E-state index in [-0.39, 0.29) is 37.0 Å². The van der Waals surface area contributed by atoms with Gasteiger partial charge in [-0.15, -0.1) is 0 Å². The Labute approximate surface area is 183 Å². The number of nitrogens with one attached hydrogen (secondary N) is 2. The number of hydrogen-bond acceptors (Lipinski definition) is 4. The zero-order valence-corrected chi connectivity index (χ0v) is 18.7. The monoisotopic (exact) mass is 435 g/mol. The van der Waals surface area contributed by atoms with Crippen LogP contribution in [-0.2, 0) is 20.7 Å². The topological polar surface area (TPSA) is 87.7 Å². The zero-order valence-electron chi connectivity index (χ0n) is 18.7. The summed E-state index contributed by atoms with van der Waals surface area (Å²) >= 11 is 0. The van der Waals surface area contributed by atoms with E-state index in [1.54, 1.807) is 43.9 Å². The number of carbonyl (C=O) groups is 3. The van der Waals surface area contributed by atoms with Gasteiger partial charge in [0.2, 0.25) is 11.8 Å². The Kier molecular flexibility index (Phi) is 9.27. The van der Waals surface area contributed by atoms with Gasteiger partial charge in [-0.1, -0.05) is 18.2 Å². The number of piperidine rings is 1. The van der Waals surface area contributed by atoms with Crippen molar-refractivity contribution in [2.75, 3.05) is 26.2 Å². The number of halogens is 1. The Morgan fingerprint density at radius 3 is 2.42 bits per heavy atom. The van der Waals surface area contributed by atoms with Crippen LogP contribution in [0.4, 0.5) is 9.18 Å². The molecule has 172 valence electrons. The summed E-state index contributed by atoms with van der Waals surface area (Å²) in [4.78, 5) is 37.8. The molecule has 0 aliphatic carbocycles. The van der Waals surface area contributed by atoms with E-state index in [0.29, 0.717) is 37.5 Å². The van der Waals surface area contributed by atoms with Gasteiger partial charge in [-0.3, -0.25) is 9.59 Å². The molecule has 2 rings (SSSR count). The minimum atomic E-state index is -0.566. The molecule has 7 nitrogen and oxygen atoms in total. The first-order valence-corrected chi connectivity index (χ1v) is 10.9. The van der Waals surface area contributed by atoms with Crippen LogP contribution in [-0.4, -0.2) is 54.6 Å². The standard InChI is InChI=1S/C23H34FN3O4/c1-23(2,3)31-22(30)25-13-10-21(29)27-14-11-17(12-15-27)16-26-20(28)9-8-18-6-4-5-7-19(18)24/h4-7,17H,8-16H2,1-3H3,(H,25,30)(H,26,28). The van der Waals surface area contributed by atoms with Gasteiger partial charge >= 0.3 is 6.09 Å². The molecule has 1 fully saturated rings. The number of benzene rings is 1. The van der Waals surface area contributed by atoms with E-state index in [1.165, 1.54) is 6.07 Å². The number of likely N-dealkylation sites (tertiary alicyclic amines) is 1. The molecule has 1 aromatic rings. The van der Waals surface area contributed by atoms with Crippen molar-refractivity contribution in [1.82, 2.24) is 15.5 Å². The molecule has 1 aliphatic heterocycles. The molecule has 0 spiro atoms. The molecule has 1 aliphatic rings. The Hall–Kier alpha value is -2.64. The first-order chi connectivity index (χ1) is 14.6. The Bertz CT molecular complexity index is 755. The van der Waals surface area contributed by atoms with Gasteiger partial charge in [-0.2, -0.15) is 0 Å². The molecule has 0 saturated carbocycles. The van der Waals surface area contributed by atoms with Crippen molar-refractivity contribution >= 4 is 17.9 Å². The summed E-state index contributed by atoms with van der Waals surface area (Å²) in [5.41, 5.74) is -0.0195. The SMILES string of the molecule is CC(C)(C)OC(=O)NCCC(=O)N1CCC(CNC(=O)CCc2ccccc2F)CC1. The van der Waals surface area contributed by atoms with Crippen molar-refractivity contribution < 1.29 is 23.5 Å². The number of carbonyl (C=O) groups excluding carboxylic acids is 3. The van der Waals surface area contributed by atoms with Crippen molar-refractivity contribution in [3.63, 3.8) is 0 Å². The molecule has 1 saturated heterocycles. The van der Waals surface area contributed by atoms with E-state index in [1.807, 2.05) is 0 Å². The van der Waals surface area contributed by atoms with E-state index in [9.17, 15) is 18.8 Å². The largest absolute Gasteiger partial charge is 0.444 e. The van der Waals surface area contributed by atoms with Gasteiger partial charge in [0.05, 0.1) is 0 Å². The first kappa shape index (κ1) is 24.6. The van der Waals surface area contributed by atoms with E-state index >= 15 is 0 Å². The second-order valence-electron chi connectivity index (χ2n) is 8.90. The Morgan fingerprint density at radius 2 is 1.77 bits per heavy atom. The Morgan fingerprint density at radius 1 is 1.10 bits per heavy atom. The summed E-state index contributed by atoms with van der Waals surface area (Å²) in [6.07, 6.45) is 1.98. The van der Waals surface area contributed by atoms with E-state index in [0.717, 1.165) is 12.8 Å². The van der Waals surface area contributed by atoms with Gasteiger partial charge in [0.25, 0.3) is 0 Å². The normalized spacial score (nSPS) is 14.8. The number of rotatable bonds is 8. The van der Waals surface area contributed by atoms with Gasteiger partial charge in [0, 0.05) is 39.0 Å². The first-order valence-electron chi connectivity index (χ1n) is 10.9. The second-order valence-corrected chi connectivity index (χ2v) is 8.90. The second kappa shape index (κ2) is 11.7. The lowest BCUT2D eigenvalue weighted by molar-refractivity contribution is -0.132. The predicted molar refractivity (Wildman–Crippen MR) is 116 cm³/mol. The maximum Gasteiger partial charge on any atom is 0.407 e. The quantitative estimate of drug-likeness (QED) is 0.657. The van der Waals surface area contributed by atoms with Crippen LogP contribution in [0.1, 0.15) is 52.0 Å². The summed E-state index contributed by atoms with van der Waals surface area (Å²) in [5.74, 6) is -0.0478. The van der Waals surface area contributed by atoms with Crippen LogP contribution in [0, 0.1) is 11.7 Å². The van der Waals surface area contributed by atoms with E-state index < -0.39 is 11.7 Å². The molecule has 0 bridgehead atoms. The highest BCUT2D eigenvalue weighted by atomic mass is 19.1. The van der Waals surface area contributed by atoms with Gasteiger partial charge < -0.3 is 20.3 Å². The summed E-state index contributed by atoms with van der Waals surface area (Å²) in [7, 11) is 0. The fourth-order valence-corrected chi connectivity index (χ4v) is 3.43. The van der Waals surface area contributed by atoms with Crippen LogP contribution < -0.4 is 10.6 Å². The molecule has 0 aromatic heterocycles. The van der Waals surface area contributed by atoms with Gasteiger partial charge in [0.1, 0.15) is 11.4 Å². The van der Waals surface area contributed by atoms with Crippen molar-refractivity contribution in [2.45, 2.75) is 58.5 Å². The van der Waals surface area contributed by atoms with Gasteiger partial charge in [-0.05, 0) is 57.6 Å². The van der Waals surface area contributed by atoms with Crippen LogP contribution in [0.3, 0.4) is 0 Å². The summed E-state index contributed by atoms with van der Waals surface area (Å²) in [6.45, 7) is 7.44. The lowest BCUT2D eigenvalue weighted by Gasteiger charge is -2.32. The van der Waals surface area contributed by atoms with Crippen molar-refractivity contribution in [1.29, 1.82) is 0 Å². The van der Waals surface area contributed by atoms with Gasteiger partial charge in [-0.25, -0.2) is 9.18 Å². The lowest BCUT2D eigenvalue weighted by atomic mass is 9.96. The number of ether oxygens (including phenoxy) is 1. The molecule has 0 radical (unpaired) electrons. The summed E-state index contributed by atoms with van der Waals surface area (Å²) in [5, 5.41) is 5.52. The number of alkyl carbamates (subject to hydrolysis) is 1. The molecular formula is C23H34FN3O4. The number of nitrogens with zero attached hydrogens (tertiary/aromatic N) is 1. The van der Waals surface area contributed by atoms with Crippen LogP contribution in [0.15, 0.2) is 24.3 Å². The number of aryl methyl sites for hydroxylation is 1. The van der Waals surface area contributed by atoms with Crippen molar-refractivity contribution in [3.05, 3.63) is 35.6 Å². The van der Waals surface area contributed by atoms with Crippen LogP contribution >= 0.6 is 0 Å². The van der Waals surface area contributed by atoms with Crippen LogP contribution in [0.25, 0.3) is 0 Å². The minimum Gasteiger partial charge on any atom is -0.444 e. The maximum atomic E-state index is 13.6. The third kappa shape index (κ3) is 9.36. The molecule has 3 amide bonds. The molecule has 8 heteroatoms. The minimum absolute atomic E-state index is 0.00318. The third-order valence-corrected chi connectivity index (χ3v) is 5.14. The third-order valence-electron chi connectivity index (χ3n) is 5.14. The molecule has 2 N–H and O–H groups in total. The molecule has 31 heavy (non-hydrogen) atoms.